The predicted molar refractivity (Wildman–Crippen MR) is 59.9 cm³/mol. The van der Waals surface area contributed by atoms with Gasteiger partial charge in [0.05, 0.1) is 12.7 Å². The fraction of sp³-hybridized carbons (Fsp3) is 0.462. The first-order valence-corrected chi connectivity index (χ1v) is 5.59. The van der Waals surface area contributed by atoms with Crippen molar-refractivity contribution in [3.63, 3.8) is 0 Å². The molecule has 0 N–H and O–H groups in total. The molecule has 16 heavy (non-hydrogen) atoms. The molecule has 0 aliphatic carbocycles. The van der Waals surface area contributed by atoms with Crippen molar-refractivity contribution in [2.45, 2.75) is 32.0 Å². The summed E-state index contributed by atoms with van der Waals surface area (Å²) in [4.78, 5) is 11.9. The summed E-state index contributed by atoms with van der Waals surface area (Å²) in [5.74, 6) is -0.270. The first-order valence-electron chi connectivity index (χ1n) is 5.59. The molecule has 0 spiro atoms. The number of esters is 1. The summed E-state index contributed by atoms with van der Waals surface area (Å²) in [6, 6.07) is 9.50. The van der Waals surface area contributed by atoms with Gasteiger partial charge in [-0.2, -0.15) is 0 Å². The second-order valence-corrected chi connectivity index (χ2v) is 4.11. The maximum absolute atomic E-state index is 11.9. The zero-order valence-electron chi connectivity index (χ0n) is 9.60. The van der Waals surface area contributed by atoms with Crippen molar-refractivity contribution < 1.29 is 14.3 Å². The molecule has 3 heteroatoms. The second kappa shape index (κ2) is 4.26. The van der Waals surface area contributed by atoms with E-state index in [1.165, 1.54) is 0 Å². The minimum Gasteiger partial charge on any atom is -0.460 e. The van der Waals surface area contributed by atoms with E-state index in [4.69, 9.17) is 9.47 Å². The average molecular weight is 220 g/mol. The Bertz CT molecular complexity index is 368. The van der Waals surface area contributed by atoms with E-state index in [2.05, 4.69) is 0 Å². The summed E-state index contributed by atoms with van der Waals surface area (Å²) in [5.41, 5.74) is 0.0494. The van der Waals surface area contributed by atoms with Crippen molar-refractivity contribution in [2.24, 2.45) is 0 Å². The standard InChI is InChI=1S/C13H16O3/c1-3-10(2)16-12(14)13(9-15-13)11-7-5-4-6-8-11/h4-8,10H,3,9H2,1-2H3. The van der Waals surface area contributed by atoms with Crippen LogP contribution in [-0.4, -0.2) is 18.7 Å². The fourth-order valence-corrected chi connectivity index (χ4v) is 1.54. The van der Waals surface area contributed by atoms with Crippen molar-refractivity contribution in [3.05, 3.63) is 35.9 Å². The average Bonchev–Trinajstić information content (AvgIpc) is 3.11. The third kappa shape index (κ3) is 1.95. The van der Waals surface area contributed by atoms with Crippen LogP contribution in [0.25, 0.3) is 0 Å². The fourth-order valence-electron chi connectivity index (χ4n) is 1.54. The lowest BCUT2D eigenvalue weighted by molar-refractivity contribution is -0.155. The van der Waals surface area contributed by atoms with Gasteiger partial charge in [0.15, 0.2) is 0 Å². The van der Waals surface area contributed by atoms with Gasteiger partial charge in [-0.3, -0.25) is 0 Å². The number of hydrogen-bond acceptors (Lipinski definition) is 3. The van der Waals surface area contributed by atoms with E-state index in [0.717, 1.165) is 12.0 Å². The lowest BCUT2D eigenvalue weighted by atomic mass is 10.0. The molecule has 0 bridgehead atoms. The minimum atomic E-state index is -0.829. The molecule has 0 aromatic heterocycles. The lowest BCUT2D eigenvalue weighted by Gasteiger charge is -2.15. The molecule has 1 saturated heterocycles. The van der Waals surface area contributed by atoms with E-state index < -0.39 is 5.60 Å². The lowest BCUT2D eigenvalue weighted by Crippen LogP contribution is -2.28. The monoisotopic (exact) mass is 220 g/mol. The van der Waals surface area contributed by atoms with Crippen LogP contribution in [0.5, 0.6) is 0 Å². The molecule has 86 valence electrons. The first kappa shape index (κ1) is 11.1. The van der Waals surface area contributed by atoms with E-state index in [-0.39, 0.29) is 12.1 Å². The van der Waals surface area contributed by atoms with Gasteiger partial charge in [0.2, 0.25) is 5.60 Å². The smallest absolute Gasteiger partial charge is 0.345 e. The number of hydrogen-bond donors (Lipinski definition) is 0. The SMILES string of the molecule is CCC(C)OC(=O)C1(c2ccccc2)CO1. The molecule has 2 unspecified atom stereocenters. The van der Waals surface area contributed by atoms with Crippen molar-refractivity contribution >= 4 is 5.97 Å². The molecule has 1 aromatic rings. The summed E-state index contributed by atoms with van der Waals surface area (Å²) in [5, 5.41) is 0. The molecule has 1 aromatic carbocycles. The quantitative estimate of drug-likeness (QED) is 0.577. The van der Waals surface area contributed by atoms with Gasteiger partial charge in [-0.1, -0.05) is 37.3 Å². The van der Waals surface area contributed by atoms with Crippen LogP contribution in [0.15, 0.2) is 30.3 Å². The maximum Gasteiger partial charge on any atom is 0.345 e. The Labute approximate surface area is 95.4 Å². The van der Waals surface area contributed by atoms with E-state index >= 15 is 0 Å². The number of carbonyl (C=O) groups excluding carboxylic acids is 1. The van der Waals surface area contributed by atoms with Crippen LogP contribution < -0.4 is 0 Å². The third-order valence-electron chi connectivity index (χ3n) is 2.89. The van der Waals surface area contributed by atoms with Crippen molar-refractivity contribution in [3.8, 4) is 0 Å². The summed E-state index contributed by atoms with van der Waals surface area (Å²) >= 11 is 0. The Morgan fingerprint density at radius 3 is 2.62 bits per heavy atom. The molecule has 1 heterocycles. The number of carbonyl (C=O) groups is 1. The molecule has 3 nitrogen and oxygen atoms in total. The van der Waals surface area contributed by atoms with Crippen LogP contribution in [0.4, 0.5) is 0 Å². The molecule has 2 atom stereocenters. The van der Waals surface area contributed by atoms with Gasteiger partial charge in [-0.25, -0.2) is 4.79 Å². The van der Waals surface area contributed by atoms with Crippen molar-refractivity contribution in [1.29, 1.82) is 0 Å². The number of benzene rings is 1. The summed E-state index contributed by atoms with van der Waals surface area (Å²) in [7, 11) is 0. The third-order valence-corrected chi connectivity index (χ3v) is 2.89. The molecule has 0 radical (unpaired) electrons. The molecular formula is C13H16O3. The zero-order valence-corrected chi connectivity index (χ0v) is 9.60. The Kier molecular flexibility index (Phi) is 2.97. The number of ether oxygens (including phenoxy) is 2. The van der Waals surface area contributed by atoms with E-state index in [1.807, 2.05) is 44.2 Å². The van der Waals surface area contributed by atoms with Crippen molar-refractivity contribution in [2.75, 3.05) is 6.61 Å². The van der Waals surface area contributed by atoms with Crippen LogP contribution in [0.1, 0.15) is 25.8 Å². The summed E-state index contributed by atoms with van der Waals surface area (Å²) in [6.45, 7) is 4.30. The van der Waals surface area contributed by atoms with Crippen LogP contribution in [0.3, 0.4) is 0 Å². The summed E-state index contributed by atoms with van der Waals surface area (Å²) < 4.78 is 10.6. The molecule has 2 rings (SSSR count). The maximum atomic E-state index is 11.9. The highest BCUT2D eigenvalue weighted by Crippen LogP contribution is 2.40. The molecular weight excluding hydrogens is 204 g/mol. The van der Waals surface area contributed by atoms with Gasteiger partial charge < -0.3 is 9.47 Å². The van der Waals surface area contributed by atoms with Gasteiger partial charge in [-0.15, -0.1) is 0 Å². The highest BCUT2D eigenvalue weighted by molar-refractivity contribution is 5.84. The van der Waals surface area contributed by atoms with Crippen LogP contribution >= 0.6 is 0 Å². The molecule has 1 aliphatic heterocycles. The van der Waals surface area contributed by atoms with Crippen LogP contribution in [0, 0.1) is 0 Å². The van der Waals surface area contributed by atoms with E-state index in [0.29, 0.717) is 6.61 Å². The normalized spacial score (nSPS) is 24.9. The van der Waals surface area contributed by atoms with Gasteiger partial charge >= 0.3 is 5.97 Å². The Morgan fingerprint density at radius 2 is 2.12 bits per heavy atom. The highest BCUT2D eigenvalue weighted by atomic mass is 16.6. The highest BCUT2D eigenvalue weighted by Gasteiger charge is 2.55. The minimum absolute atomic E-state index is 0.0581. The predicted octanol–water partition coefficient (Wildman–Crippen LogP) is 2.25. The number of epoxide rings is 1. The van der Waals surface area contributed by atoms with Crippen LogP contribution in [-0.2, 0) is 19.9 Å². The van der Waals surface area contributed by atoms with Crippen molar-refractivity contribution in [1.82, 2.24) is 0 Å². The Hall–Kier alpha value is -1.35. The van der Waals surface area contributed by atoms with Gasteiger partial charge in [-0.05, 0) is 18.9 Å². The van der Waals surface area contributed by atoms with E-state index in [1.54, 1.807) is 0 Å². The topological polar surface area (TPSA) is 38.8 Å². The number of rotatable bonds is 4. The first-order chi connectivity index (χ1) is 7.69. The van der Waals surface area contributed by atoms with Gasteiger partial charge in [0.25, 0.3) is 0 Å². The molecule has 1 aliphatic rings. The zero-order chi connectivity index (χ0) is 11.6. The molecule has 0 amide bonds. The van der Waals surface area contributed by atoms with Crippen LogP contribution in [0.2, 0.25) is 0 Å². The van der Waals surface area contributed by atoms with Gasteiger partial charge in [0.1, 0.15) is 0 Å². The Morgan fingerprint density at radius 1 is 1.50 bits per heavy atom. The largest absolute Gasteiger partial charge is 0.460 e. The second-order valence-electron chi connectivity index (χ2n) is 4.11. The van der Waals surface area contributed by atoms with Gasteiger partial charge in [0, 0.05) is 0 Å². The summed E-state index contributed by atoms with van der Waals surface area (Å²) in [6.07, 6.45) is 0.758. The molecule has 0 saturated carbocycles. The Balaban J connectivity index is 2.12. The molecule has 1 fully saturated rings. The van der Waals surface area contributed by atoms with E-state index in [9.17, 15) is 4.79 Å².